The average Bonchev–Trinajstić information content (AvgIpc) is 2.48. The Hall–Kier alpha value is -1.55. The van der Waals surface area contributed by atoms with Crippen LogP contribution in [-0.2, 0) is 4.79 Å². The molecule has 104 valence electrons. The number of anilines is 1. The number of ether oxygens (including phenoxy) is 1. The van der Waals surface area contributed by atoms with E-state index in [9.17, 15) is 4.79 Å². The van der Waals surface area contributed by atoms with Crippen molar-refractivity contribution >= 4 is 11.6 Å². The van der Waals surface area contributed by atoms with Gasteiger partial charge in [-0.25, -0.2) is 0 Å². The molecule has 0 aliphatic heterocycles. The Bertz CT molecular complexity index is 409. The summed E-state index contributed by atoms with van der Waals surface area (Å²) in [4.78, 5) is 12.1. The maximum atomic E-state index is 12.1. The van der Waals surface area contributed by atoms with Gasteiger partial charge in [-0.2, -0.15) is 0 Å². The molecule has 0 heterocycles. The predicted octanol–water partition coefficient (Wildman–Crippen LogP) is 2.40. The van der Waals surface area contributed by atoms with Gasteiger partial charge in [0.05, 0.1) is 7.11 Å². The van der Waals surface area contributed by atoms with Crippen molar-refractivity contribution in [1.29, 1.82) is 0 Å². The lowest BCUT2D eigenvalue weighted by Crippen LogP contribution is -2.29. The van der Waals surface area contributed by atoms with Crippen molar-refractivity contribution in [3.63, 3.8) is 0 Å². The third kappa shape index (κ3) is 3.70. The number of rotatable bonds is 4. The van der Waals surface area contributed by atoms with Crippen molar-refractivity contribution in [3.05, 3.63) is 24.3 Å². The molecule has 1 amide bonds. The Kier molecular flexibility index (Phi) is 4.80. The van der Waals surface area contributed by atoms with Gasteiger partial charge in [0.2, 0.25) is 5.91 Å². The Balaban J connectivity index is 1.86. The Morgan fingerprint density at radius 1 is 1.26 bits per heavy atom. The highest BCUT2D eigenvalue weighted by Gasteiger charge is 2.25. The van der Waals surface area contributed by atoms with Gasteiger partial charge in [-0.05, 0) is 62.4 Å². The summed E-state index contributed by atoms with van der Waals surface area (Å²) in [7, 11) is 1.63. The van der Waals surface area contributed by atoms with E-state index < -0.39 is 0 Å². The summed E-state index contributed by atoms with van der Waals surface area (Å²) in [5.41, 5.74) is 6.49. The molecule has 1 saturated carbocycles. The van der Waals surface area contributed by atoms with Crippen molar-refractivity contribution in [2.75, 3.05) is 19.0 Å². The molecule has 0 aromatic heterocycles. The summed E-state index contributed by atoms with van der Waals surface area (Å²) in [6.45, 7) is 0.743. The van der Waals surface area contributed by atoms with E-state index in [1.54, 1.807) is 7.11 Å². The molecule has 0 saturated heterocycles. The summed E-state index contributed by atoms with van der Waals surface area (Å²) in [6.07, 6.45) is 4.03. The van der Waals surface area contributed by atoms with Gasteiger partial charge in [0, 0.05) is 11.6 Å². The molecule has 2 rings (SSSR count). The third-order valence-electron chi connectivity index (χ3n) is 3.91. The lowest BCUT2D eigenvalue weighted by molar-refractivity contribution is -0.121. The second kappa shape index (κ2) is 6.57. The predicted molar refractivity (Wildman–Crippen MR) is 76.1 cm³/mol. The number of amides is 1. The molecule has 3 N–H and O–H groups in total. The van der Waals surface area contributed by atoms with Gasteiger partial charge < -0.3 is 15.8 Å². The molecule has 1 aliphatic rings. The maximum Gasteiger partial charge on any atom is 0.227 e. The number of nitrogens with one attached hydrogen (secondary N) is 1. The largest absolute Gasteiger partial charge is 0.497 e. The van der Waals surface area contributed by atoms with Crippen LogP contribution in [0.4, 0.5) is 5.69 Å². The molecule has 0 unspecified atom stereocenters. The van der Waals surface area contributed by atoms with Gasteiger partial charge in [-0.15, -0.1) is 0 Å². The molecule has 4 nitrogen and oxygen atoms in total. The monoisotopic (exact) mass is 262 g/mol. The van der Waals surface area contributed by atoms with Gasteiger partial charge >= 0.3 is 0 Å². The van der Waals surface area contributed by atoms with E-state index in [2.05, 4.69) is 5.32 Å². The van der Waals surface area contributed by atoms with Gasteiger partial charge in [-0.1, -0.05) is 0 Å². The van der Waals surface area contributed by atoms with Crippen LogP contribution in [0.5, 0.6) is 5.75 Å². The highest BCUT2D eigenvalue weighted by atomic mass is 16.5. The fourth-order valence-corrected chi connectivity index (χ4v) is 2.58. The van der Waals surface area contributed by atoms with Gasteiger partial charge in [0.25, 0.3) is 0 Å². The molecular formula is C15H22N2O2. The van der Waals surface area contributed by atoms with Crippen LogP contribution in [0.3, 0.4) is 0 Å². The molecule has 0 spiro atoms. The van der Waals surface area contributed by atoms with Crippen LogP contribution < -0.4 is 15.8 Å². The highest BCUT2D eigenvalue weighted by molar-refractivity contribution is 5.92. The average molecular weight is 262 g/mol. The fourth-order valence-electron chi connectivity index (χ4n) is 2.58. The molecule has 1 aliphatic carbocycles. The van der Waals surface area contributed by atoms with Crippen molar-refractivity contribution < 1.29 is 9.53 Å². The topological polar surface area (TPSA) is 64.3 Å². The van der Waals surface area contributed by atoms with Crippen molar-refractivity contribution in [3.8, 4) is 5.75 Å². The number of hydrogen-bond donors (Lipinski definition) is 2. The minimum absolute atomic E-state index is 0.126. The normalized spacial score (nSPS) is 22.8. The number of methoxy groups -OCH3 is 1. The zero-order valence-electron chi connectivity index (χ0n) is 11.4. The van der Waals surface area contributed by atoms with Gasteiger partial charge in [-0.3, -0.25) is 4.79 Å². The molecule has 19 heavy (non-hydrogen) atoms. The van der Waals surface area contributed by atoms with E-state index in [0.29, 0.717) is 5.92 Å². The van der Waals surface area contributed by atoms with Crippen LogP contribution in [0.1, 0.15) is 25.7 Å². The van der Waals surface area contributed by atoms with Gasteiger partial charge in [0.15, 0.2) is 0 Å². The Labute approximate surface area is 114 Å². The van der Waals surface area contributed by atoms with E-state index in [-0.39, 0.29) is 11.8 Å². The number of hydrogen-bond acceptors (Lipinski definition) is 3. The highest BCUT2D eigenvalue weighted by Crippen LogP contribution is 2.29. The van der Waals surface area contributed by atoms with Crippen LogP contribution in [0, 0.1) is 11.8 Å². The lowest BCUT2D eigenvalue weighted by atomic mass is 9.81. The smallest absolute Gasteiger partial charge is 0.227 e. The first-order valence-corrected chi connectivity index (χ1v) is 6.88. The third-order valence-corrected chi connectivity index (χ3v) is 3.91. The Morgan fingerprint density at radius 2 is 1.89 bits per heavy atom. The first kappa shape index (κ1) is 13.9. The fraction of sp³-hybridized carbons (Fsp3) is 0.533. The van der Waals surface area contributed by atoms with E-state index in [4.69, 9.17) is 10.5 Å². The van der Waals surface area contributed by atoms with Crippen LogP contribution in [-0.4, -0.2) is 19.6 Å². The van der Waals surface area contributed by atoms with Crippen LogP contribution in [0.15, 0.2) is 24.3 Å². The minimum Gasteiger partial charge on any atom is -0.497 e. The second-order valence-corrected chi connectivity index (χ2v) is 5.17. The molecular weight excluding hydrogens is 240 g/mol. The second-order valence-electron chi connectivity index (χ2n) is 5.17. The number of nitrogens with two attached hydrogens (primary N) is 1. The first-order chi connectivity index (χ1) is 9.22. The first-order valence-electron chi connectivity index (χ1n) is 6.88. The summed E-state index contributed by atoms with van der Waals surface area (Å²) >= 11 is 0. The Morgan fingerprint density at radius 3 is 2.42 bits per heavy atom. The zero-order chi connectivity index (χ0) is 13.7. The molecule has 1 aromatic rings. The zero-order valence-corrected chi connectivity index (χ0v) is 11.4. The van der Waals surface area contributed by atoms with E-state index in [1.807, 2.05) is 24.3 Å². The quantitative estimate of drug-likeness (QED) is 0.875. The molecule has 0 bridgehead atoms. The summed E-state index contributed by atoms with van der Waals surface area (Å²) < 4.78 is 5.09. The SMILES string of the molecule is COc1ccc(NC(=O)C2CCC(CN)CC2)cc1. The van der Waals surface area contributed by atoms with Crippen molar-refractivity contribution in [2.24, 2.45) is 17.6 Å². The molecule has 4 heteroatoms. The number of benzene rings is 1. The van der Waals surface area contributed by atoms with Crippen molar-refractivity contribution in [2.45, 2.75) is 25.7 Å². The van der Waals surface area contributed by atoms with E-state index in [1.165, 1.54) is 0 Å². The van der Waals surface area contributed by atoms with Crippen LogP contribution in [0.25, 0.3) is 0 Å². The molecule has 0 radical (unpaired) electrons. The standard InChI is InChI=1S/C15H22N2O2/c1-19-14-8-6-13(7-9-14)17-15(18)12-4-2-11(10-16)3-5-12/h6-9,11-12H,2-5,10,16H2,1H3,(H,17,18). The van der Waals surface area contributed by atoms with E-state index >= 15 is 0 Å². The van der Waals surface area contributed by atoms with Gasteiger partial charge in [0.1, 0.15) is 5.75 Å². The molecule has 1 aromatic carbocycles. The molecule has 1 fully saturated rings. The number of carbonyl (C=O) groups is 1. The van der Waals surface area contributed by atoms with E-state index in [0.717, 1.165) is 43.7 Å². The van der Waals surface area contributed by atoms with Crippen molar-refractivity contribution in [1.82, 2.24) is 0 Å². The van der Waals surface area contributed by atoms with Crippen LogP contribution >= 0.6 is 0 Å². The minimum atomic E-state index is 0.126. The number of carbonyl (C=O) groups excluding carboxylic acids is 1. The summed E-state index contributed by atoms with van der Waals surface area (Å²) in [5.74, 6) is 1.65. The molecule has 0 atom stereocenters. The maximum absolute atomic E-state index is 12.1. The lowest BCUT2D eigenvalue weighted by Gasteiger charge is -2.26. The summed E-state index contributed by atoms with van der Waals surface area (Å²) in [6, 6.07) is 7.42. The van der Waals surface area contributed by atoms with Crippen LogP contribution in [0.2, 0.25) is 0 Å². The summed E-state index contributed by atoms with van der Waals surface area (Å²) in [5, 5.41) is 2.97.